The Morgan fingerprint density at radius 2 is 1.69 bits per heavy atom. The van der Waals surface area contributed by atoms with Crippen molar-refractivity contribution in [3.8, 4) is 0 Å². The molecule has 1 heterocycles. The van der Waals surface area contributed by atoms with Crippen molar-refractivity contribution in [1.82, 2.24) is 5.32 Å². The Morgan fingerprint density at radius 3 is 2.35 bits per heavy atom. The minimum absolute atomic E-state index is 0.101. The first kappa shape index (κ1) is 17.1. The number of benzene rings is 2. The third kappa shape index (κ3) is 3.75. The molecule has 0 radical (unpaired) electrons. The monoisotopic (exact) mass is 350 g/mol. The topological polar surface area (TPSA) is 36.8 Å². The van der Waals surface area contributed by atoms with E-state index in [0.717, 1.165) is 44.6 Å². The maximum absolute atomic E-state index is 13.0. The first-order valence-electron chi connectivity index (χ1n) is 9.73. The Bertz CT molecular complexity index is 749. The fraction of sp³-hybridized carbons (Fsp3) is 0.409. The lowest BCUT2D eigenvalue weighted by Gasteiger charge is -2.37. The van der Waals surface area contributed by atoms with Crippen LogP contribution in [0.2, 0.25) is 0 Å². The average Bonchev–Trinajstić information content (AvgIpc) is 3.48. The lowest BCUT2D eigenvalue weighted by atomic mass is 10.0. The van der Waals surface area contributed by atoms with Gasteiger partial charge in [0.2, 0.25) is 0 Å². The number of piperazine rings is 1. The van der Waals surface area contributed by atoms with Gasteiger partial charge in [0, 0.05) is 17.3 Å². The van der Waals surface area contributed by atoms with Gasteiger partial charge in [0.15, 0.2) is 6.04 Å². The van der Waals surface area contributed by atoms with Crippen LogP contribution >= 0.6 is 0 Å². The van der Waals surface area contributed by atoms with Crippen molar-refractivity contribution in [2.24, 2.45) is 0 Å². The highest BCUT2D eigenvalue weighted by atomic mass is 16.2. The maximum atomic E-state index is 13.0. The van der Waals surface area contributed by atoms with Crippen molar-refractivity contribution in [3.63, 3.8) is 0 Å². The molecule has 4 nitrogen and oxygen atoms in total. The van der Waals surface area contributed by atoms with Gasteiger partial charge in [-0.1, -0.05) is 48.5 Å². The summed E-state index contributed by atoms with van der Waals surface area (Å²) in [6.45, 7) is 6.10. The lowest BCUT2D eigenvalue weighted by molar-refractivity contribution is -0.922. The van der Waals surface area contributed by atoms with Crippen LogP contribution < -0.4 is 15.1 Å². The molecule has 1 saturated carbocycles. The maximum Gasteiger partial charge on any atom is 0.283 e. The molecule has 1 amide bonds. The van der Waals surface area contributed by atoms with E-state index in [-0.39, 0.29) is 11.9 Å². The van der Waals surface area contributed by atoms with Crippen LogP contribution in [0.15, 0.2) is 54.6 Å². The zero-order valence-electron chi connectivity index (χ0n) is 15.4. The van der Waals surface area contributed by atoms with E-state index >= 15 is 0 Å². The summed E-state index contributed by atoms with van der Waals surface area (Å²) in [7, 11) is 0. The van der Waals surface area contributed by atoms with Gasteiger partial charge in [-0.2, -0.15) is 0 Å². The highest BCUT2D eigenvalue weighted by molar-refractivity contribution is 5.82. The standard InChI is InChI=1S/C22H27N3O/c1-17-7-5-6-10-20(17)24-13-15-25(16-14-24)21(18-8-3-2-4-9-18)22(26)23-19-11-12-19/h2-10,19,21H,11-16H2,1H3,(H,23,26)/p+1/t21-/m0/s1. The molecule has 0 bridgehead atoms. The molecule has 1 aliphatic carbocycles. The molecule has 1 aliphatic heterocycles. The molecular formula is C22H28N3O+. The summed E-state index contributed by atoms with van der Waals surface area (Å²) in [5, 5.41) is 3.23. The van der Waals surface area contributed by atoms with Gasteiger partial charge >= 0.3 is 0 Å². The molecule has 4 rings (SSSR count). The van der Waals surface area contributed by atoms with Crippen molar-refractivity contribution >= 4 is 11.6 Å². The predicted octanol–water partition coefficient (Wildman–Crippen LogP) is 1.72. The van der Waals surface area contributed by atoms with Crippen LogP contribution in [0.4, 0.5) is 5.69 Å². The molecule has 2 aliphatic rings. The van der Waals surface area contributed by atoms with Crippen molar-refractivity contribution in [2.75, 3.05) is 31.1 Å². The second-order valence-electron chi connectivity index (χ2n) is 7.56. The largest absolute Gasteiger partial charge is 0.360 e. The van der Waals surface area contributed by atoms with Gasteiger partial charge in [0.25, 0.3) is 5.91 Å². The van der Waals surface area contributed by atoms with E-state index in [4.69, 9.17) is 0 Å². The number of hydrogen-bond acceptors (Lipinski definition) is 2. The predicted molar refractivity (Wildman–Crippen MR) is 104 cm³/mol. The zero-order valence-corrected chi connectivity index (χ0v) is 15.4. The van der Waals surface area contributed by atoms with Gasteiger partial charge in [-0.05, 0) is 31.4 Å². The van der Waals surface area contributed by atoms with Crippen molar-refractivity contribution in [2.45, 2.75) is 31.8 Å². The van der Waals surface area contributed by atoms with Crippen LogP contribution in [0.25, 0.3) is 0 Å². The van der Waals surface area contributed by atoms with Gasteiger partial charge in [-0.3, -0.25) is 4.79 Å². The summed E-state index contributed by atoms with van der Waals surface area (Å²) in [5.74, 6) is 0.193. The second-order valence-corrected chi connectivity index (χ2v) is 7.56. The number of amides is 1. The Morgan fingerprint density at radius 1 is 1.04 bits per heavy atom. The Kier molecular flexibility index (Phi) is 4.93. The number of nitrogens with zero attached hydrogens (tertiary/aromatic N) is 1. The molecule has 2 aromatic rings. The van der Waals surface area contributed by atoms with E-state index in [1.165, 1.54) is 16.2 Å². The molecule has 0 spiro atoms. The smallest absolute Gasteiger partial charge is 0.283 e. The number of rotatable bonds is 5. The molecule has 136 valence electrons. The molecule has 2 N–H and O–H groups in total. The van der Waals surface area contributed by atoms with E-state index in [0.29, 0.717) is 6.04 Å². The quantitative estimate of drug-likeness (QED) is 0.862. The summed E-state index contributed by atoms with van der Waals surface area (Å²) in [4.78, 5) is 16.8. The van der Waals surface area contributed by atoms with E-state index in [1.54, 1.807) is 0 Å². The summed E-state index contributed by atoms with van der Waals surface area (Å²) in [5.41, 5.74) is 3.78. The Hall–Kier alpha value is -2.33. The number of anilines is 1. The minimum atomic E-state index is -0.101. The number of hydrogen-bond donors (Lipinski definition) is 2. The molecule has 0 unspecified atom stereocenters. The van der Waals surface area contributed by atoms with Gasteiger partial charge in [-0.25, -0.2) is 0 Å². The fourth-order valence-electron chi connectivity index (χ4n) is 3.97. The summed E-state index contributed by atoms with van der Waals surface area (Å²) >= 11 is 0. The van der Waals surface area contributed by atoms with Gasteiger partial charge in [-0.15, -0.1) is 0 Å². The molecule has 1 atom stereocenters. The molecule has 4 heteroatoms. The molecular weight excluding hydrogens is 322 g/mol. The number of nitrogens with one attached hydrogen (secondary N) is 2. The SMILES string of the molecule is Cc1ccccc1N1CC[NH+]([C@H](C(=O)NC2CC2)c2ccccc2)CC1. The number of quaternary nitrogens is 1. The minimum Gasteiger partial charge on any atom is -0.360 e. The van der Waals surface area contributed by atoms with Crippen LogP contribution in [0, 0.1) is 6.92 Å². The average molecular weight is 350 g/mol. The van der Waals surface area contributed by atoms with Crippen molar-refractivity contribution in [3.05, 3.63) is 65.7 Å². The summed E-state index contributed by atoms with van der Waals surface area (Å²) in [6, 6.07) is 19.2. The molecule has 2 fully saturated rings. The molecule has 1 saturated heterocycles. The Balaban J connectivity index is 1.49. The highest BCUT2D eigenvalue weighted by Gasteiger charge is 2.36. The van der Waals surface area contributed by atoms with Crippen molar-refractivity contribution < 1.29 is 9.69 Å². The molecule has 2 aromatic carbocycles. The number of para-hydroxylation sites is 1. The Labute approximate surface area is 155 Å². The van der Waals surface area contributed by atoms with E-state index < -0.39 is 0 Å². The van der Waals surface area contributed by atoms with Crippen molar-refractivity contribution in [1.29, 1.82) is 0 Å². The van der Waals surface area contributed by atoms with Crippen LogP contribution in [0.3, 0.4) is 0 Å². The number of aryl methyl sites for hydroxylation is 1. The third-order valence-electron chi connectivity index (χ3n) is 5.59. The summed E-state index contributed by atoms with van der Waals surface area (Å²) in [6.07, 6.45) is 2.26. The molecule has 26 heavy (non-hydrogen) atoms. The second kappa shape index (κ2) is 7.50. The van der Waals surface area contributed by atoms with Crippen LogP contribution in [-0.4, -0.2) is 38.1 Å². The number of carbonyl (C=O) groups excluding carboxylic acids is 1. The number of carbonyl (C=O) groups is 1. The first-order chi connectivity index (χ1) is 12.7. The molecule has 0 aromatic heterocycles. The fourth-order valence-corrected chi connectivity index (χ4v) is 3.97. The van der Waals surface area contributed by atoms with Gasteiger partial charge < -0.3 is 15.1 Å². The van der Waals surface area contributed by atoms with Crippen LogP contribution in [-0.2, 0) is 4.79 Å². The van der Waals surface area contributed by atoms with E-state index in [1.807, 2.05) is 18.2 Å². The van der Waals surface area contributed by atoms with E-state index in [2.05, 4.69) is 53.5 Å². The first-order valence-corrected chi connectivity index (χ1v) is 9.73. The lowest BCUT2D eigenvalue weighted by Crippen LogP contribution is -3.16. The summed E-state index contributed by atoms with van der Waals surface area (Å²) < 4.78 is 0. The van der Waals surface area contributed by atoms with Gasteiger partial charge in [0.05, 0.1) is 26.2 Å². The highest BCUT2D eigenvalue weighted by Crippen LogP contribution is 2.21. The van der Waals surface area contributed by atoms with E-state index in [9.17, 15) is 4.79 Å². The van der Waals surface area contributed by atoms with Gasteiger partial charge in [0.1, 0.15) is 0 Å². The normalized spacial score (nSPS) is 19.2. The van der Waals surface area contributed by atoms with Crippen LogP contribution in [0.5, 0.6) is 0 Å². The zero-order chi connectivity index (χ0) is 17.9. The van der Waals surface area contributed by atoms with Crippen LogP contribution in [0.1, 0.15) is 30.0 Å². The third-order valence-corrected chi connectivity index (χ3v) is 5.59.